The van der Waals surface area contributed by atoms with Gasteiger partial charge in [0.2, 0.25) is 5.11 Å². The van der Waals surface area contributed by atoms with Crippen LogP contribution in [0.3, 0.4) is 0 Å². The molecule has 0 atom stereocenters. The van der Waals surface area contributed by atoms with Crippen molar-refractivity contribution in [3.05, 3.63) is 12.2 Å². The Bertz CT molecular complexity index is 542. The molecule has 0 unspecified atom stereocenters. The summed E-state index contributed by atoms with van der Waals surface area (Å²) in [4.78, 5) is 15.8. The minimum atomic E-state index is -4.25. The van der Waals surface area contributed by atoms with Crippen LogP contribution in [0.4, 0.5) is 0 Å². The lowest BCUT2D eigenvalue weighted by atomic mass is 9.85. The van der Waals surface area contributed by atoms with Gasteiger partial charge in [-0.1, -0.05) is 41.2 Å². The van der Waals surface area contributed by atoms with Crippen LogP contribution in [0.1, 0.15) is 34.6 Å². The predicted molar refractivity (Wildman–Crippen MR) is 79.9 cm³/mol. The number of rotatable bonds is 1. The van der Waals surface area contributed by atoms with Gasteiger partial charge in [0, 0.05) is 5.41 Å². The molecule has 0 saturated heterocycles. The van der Waals surface area contributed by atoms with E-state index in [0.29, 0.717) is 5.71 Å². The SMILES string of the molecule is C=C1C(=O)N(S(N)(=O)=O)C(=S)N=C1C(C)(C)C.CC. The van der Waals surface area contributed by atoms with Crippen LogP contribution in [0.2, 0.25) is 0 Å². The smallest absolute Gasteiger partial charge is 0.267 e. The van der Waals surface area contributed by atoms with Crippen molar-refractivity contribution < 1.29 is 13.2 Å². The summed E-state index contributed by atoms with van der Waals surface area (Å²) < 4.78 is 22.7. The molecule has 108 valence electrons. The molecule has 0 bridgehead atoms. The summed E-state index contributed by atoms with van der Waals surface area (Å²) in [6, 6.07) is 0. The molecule has 1 rings (SSSR count). The molecule has 1 aliphatic heterocycles. The summed E-state index contributed by atoms with van der Waals surface area (Å²) in [5.41, 5.74) is -0.103. The van der Waals surface area contributed by atoms with E-state index in [1.807, 2.05) is 34.6 Å². The van der Waals surface area contributed by atoms with Crippen molar-refractivity contribution in [2.24, 2.45) is 15.5 Å². The van der Waals surface area contributed by atoms with Gasteiger partial charge in [-0.25, -0.2) is 10.1 Å². The van der Waals surface area contributed by atoms with Crippen LogP contribution >= 0.6 is 12.2 Å². The van der Waals surface area contributed by atoms with E-state index in [1.54, 1.807) is 0 Å². The molecule has 0 fully saturated rings. The number of amides is 1. The monoisotopic (exact) mass is 305 g/mol. The van der Waals surface area contributed by atoms with Gasteiger partial charge in [-0.05, 0) is 12.2 Å². The molecule has 0 spiro atoms. The number of carbonyl (C=O) groups is 1. The Morgan fingerprint density at radius 2 is 1.74 bits per heavy atom. The second-order valence-corrected chi connectivity index (χ2v) is 6.35. The van der Waals surface area contributed by atoms with Gasteiger partial charge >= 0.3 is 10.2 Å². The standard InChI is InChI=1S/C9H13N3O3S2.C2H6/c1-5-6(9(2,3)4)11-8(16)12(7(5)13)17(10,14)15;1-2/h1H2,2-4H3,(H2,10,14,15);1-2H3. The third-order valence-electron chi connectivity index (χ3n) is 2.07. The third kappa shape index (κ3) is 3.92. The fraction of sp³-hybridized carbons (Fsp3) is 0.545. The van der Waals surface area contributed by atoms with Crippen molar-refractivity contribution in [2.75, 3.05) is 0 Å². The highest BCUT2D eigenvalue weighted by Gasteiger charge is 2.39. The number of hydrogen-bond acceptors (Lipinski definition) is 4. The molecule has 1 amide bonds. The lowest BCUT2D eigenvalue weighted by Crippen LogP contribution is -2.50. The lowest BCUT2D eigenvalue weighted by Gasteiger charge is -2.30. The van der Waals surface area contributed by atoms with Crippen LogP contribution < -0.4 is 5.14 Å². The highest BCUT2D eigenvalue weighted by atomic mass is 32.2. The molecular weight excluding hydrogens is 286 g/mol. The first-order valence-electron chi connectivity index (χ1n) is 5.66. The van der Waals surface area contributed by atoms with Crippen molar-refractivity contribution in [1.82, 2.24) is 4.31 Å². The number of hydrogen-bond donors (Lipinski definition) is 1. The van der Waals surface area contributed by atoms with Crippen molar-refractivity contribution in [2.45, 2.75) is 34.6 Å². The summed E-state index contributed by atoms with van der Waals surface area (Å²) in [7, 11) is -4.25. The lowest BCUT2D eigenvalue weighted by molar-refractivity contribution is -0.119. The van der Waals surface area contributed by atoms with E-state index in [4.69, 9.17) is 17.4 Å². The molecular formula is C11H19N3O3S2. The second kappa shape index (κ2) is 5.89. The number of carbonyl (C=O) groups excluding carboxylic acids is 1. The van der Waals surface area contributed by atoms with Crippen molar-refractivity contribution in [3.63, 3.8) is 0 Å². The molecule has 0 aliphatic carbocycles. The summed E-state index contributed by atoms with van der Waals surface area (Å²) >= 11 is 4.77. The van der Waals surface area contributed by atoms with Gasteiger partial charge in [-0.15, -0.1) is 0 Å². The molecule has 1 heterocycles. The normalized spacial score (nSPS) is 16.8. The van der Waals surface area contributed by atoms with Gasteiger partial charge in [0.25, 0.3) is 5.91 Å². The van der Waals surface area contributed by atoms with Crippen LogP contribution in [0, 0.1) is 5.41 Å². The molecule has 0 aromatic rings. The largest absolute Gasteiger partial charge is 0.307 e. The average molecular weight is 305 g/mol. The second-order valence-electron chi connectivity index (χ2n) is 4.59. The van der Waals surface area contributed by atoms with Crippen LogP contribution in [0.15, 0.2) is 17.1 Å². The highest BCUT2D eigenvalue weighted by molar-refractivity contribution is 7.90. The summed E-state index contributed by atoms with van der Waals surface area (Å²) in [5.74, 6) is -0.850. The molecule has 0 radical (unpaired) electrons. The molecule has 8 heteroatoms. The fourth-order valence-electron chi connectivity index (χ4n) is 1.36. The van der Waals surface area contributed by atoms with Gasteiger partial charge in [-0.2, -0.15) is 12.7 Å². The summed E-state index contributed by atoms with van der Waals surface area (Å²) in [6.07, 6.45) is 0. The van der Waals surface area contributed by atoms with Gasteiger partial charge in [-0.3, -0.25) is 4.79 Å². The number of nitrogens with two attached hydrogens (primary N) is 1. The Labute approximate surface area is 119 Å². The predicted octanol–water partition coefficient (Wildman–Crippen LogP) is 1.39. The van der Waals surface area contributed by atoms with E-state index in [9.17, 15) is 13.2 Å². The maximum atomic E-state index is 11.8. The molecule has 6 nitrogen and oxygen atoms in total. The Hall–Kier alpha value is -1.12. The number of nitrogens with zero attached hydrogens (tertiary/aromatic N) is 2. The van der Waals surface area contributed by atoms with Gasteiger partial charge < -0.3 is 0 Å². The fourth-order valence-corrected chi connectivity index (χ4v) is 2.45. The molecule has 0 aromatic heterocycles. The first-order chi connectivity index (χ1) is 8.46. The minimum Gasteiger partial charge on any atom is -0.267 e. The number of aliphatic imine (C=N–C) groups is 1. The zero-order valence-electron chi connectivity index (χ0n) is 11.7. The minimum absolute atomic E-state index is 0.0138. The Morgan fingerprint density at radius 3 is 2.05 bits per heavy atom. The van der Waals surface area contributed by atoms with Gasteiger partial charge in [0.05, 0.1) is 11.3 Å². The van der Waals surface area contributed by atoms with Crippen LogP contribution in [0.25, 0.3) is 0 Å². The highest BCUT2D eigenvalue weighted by Crippen LogP contribution is 2.26. The van der Waals surface area contributed by atoms with Gasteiger partial charge in [0.15, 0.2) is 0 Å². The Balaban J connectivity index is 0.00000154. The van der Waals surface area contributed by atoms with E-state index >= 15 is 0 Å². The quantitative estimate of drug-likeness (QED) is 0.585. The summed E-state index contributed by atoms with van der Waals surface area (Å²) in [6.45, 7) is 13.0. The maximum absolute atomic E-state index is 11.8. The Morgan fingerprint density at radius 1 is 1.32 bits per heavy atom. The van der Waals surface area contributed by atoms with E-state index < -0.39 is 21.5 Å². The molecule has 0 saturated carbocycles. The molecule has 0 aromatic carbocycles. The first-order valence-corrected chi connectivity index (χ1v) is 7.57. The number of thiocarbonyl (C=S) groups is 1. The average Bonchev–Trinajstić information content (AvgIpc) is 2.23. The van der Waals surface area contributed by atoms with Crippen molar-refractivity contribution in [1.29, 1.82) is 0 Å². The van der Waals surface area contributed by atoms with Crippen LogP contribution in [0.5, 0.6) is 0 Å². The van der Waals surface area contributed by atoms with Gasteiger partial charge in [0.1, 0.15) is 0 Å². The van der Waals surface area contributed by atoms with Crippen LogP contribution in [-0.4, -0.2) is 29.5 Å². The zero-order chi connectivity index (χ0) is 15.6. The van der Waals surface area contributed by atoms with Crippen molar-refractivity contribution in [3.8, 4) is 0 Å². The maximum Gasteiger partial charge on any atom is 0.307 e. The van der Waals surface area contributed by atoms with Crippen LogP contribution in [-0.2, 0) is 15.0 Å². The molecule has 1 aliphatic rings. The first kappa shape index (κ1) is 17.9. The van der Waals surface area contributed by atoms with Crippen molar-refractivity contribution >= 4 is 39.2 Å². The van der Waals surface area contributed by atoms with E-state index in [0.717, 1.165) is 0 Å². The Kier molecular flexibility index (Phi) is 5.54. The molecule has 2 N–H and O–H groups in total. The third-order valence-corrected chi connectivity index (χ3v) is 3.31. The van der Waals surface area contributed by atoms with E-state index in [1.165, 1.54) is 0 Å². The topological polar surface area (TPSA) is 92.8 Å². The summed E-state index contributed by atoms with van der Waals surface area (Å²) in [5, 5.41) is 4.51. The van der Waals surface area contributed by atoms with E-state index in [-0.39, 0.29) is 15.0 Å². The zero-order valence-corrected chi connectivity index (χ0v) is 13.4. The van der Waals surface area contributed by atoms with E-state index in [2.05, 4.69) is 11.6 Å². The molecule has 19 heavy (non-hydrogen) atoms.